The Morgan fingerprint density at radius 2 is 2.00 bits per heavy atom. The predicted octanol–water partition coefficient (Wildman–Crippen LogP) is 3.40. The van der Waals surface area contributed by atoms with Gasteiger partial charge in [-0.25, -0.2) is 0 Å². The summed E-state index contributed by atoms with van der Waals surface area (Å²) in [6, 6.07) is 15.3. The fourth-order valence-corrected chi connectivity index (χ4v) is 2.18. The molecule has 1 aromatic heterocycles. The molecule has 0 spiro atoms. The van der Waals surface area contributed by atoms with Crippen LogP contribution in [0.5, 0.6) is 11.5 Å². The van der Waals surface area contributed by atoms with E-state index in [2.05, 4.69) is 4.98 Å². The van der Waals surface area contributed by atoms with Crippen LogP contribution in [0, 0.1) is 0 Å². The van der Waals surface area contributed by atoms with E-state index < -0.39 is 0 Å². The summed E-state index contributed by atoms with van der Waals surface area (Å²) >= 11 is 0. The maximum Gasteiger partial charge on any atom is 0.127 e. The number of nitrogen functional groups attached to an aromatic ring is 1. The molecular formula is C17H16N2O2. The summed E-state index contributed by atoms with van der Waals surface area (Å²) in [6.45, 7) is 0.418. The lowest BCUT2D eigenvalue weighted by Gasteiger charge is -2.11. The van der Waals surface area contributed by atoms with Crippen molar-refractivity contribution in [2.24, 2.45) is 0 Å². The maximum atomic E-state index is 5.82. The molecule has 0 aliphatic carbocycles. The number of fused-ring (bicyclic) bond motifs is 1. The zero-order valence-corrected chi connectivity index (χ0v) is 11.7. The quantitative estimate of drug-likeness (QED) is 0.744. The SMILES string of the molecule is COc1cc(N)ccc1COc1ccc2cccnc2c1. The van der Waals surface area contributed by atoms with Gasteiger partial charge in [-0.3, -0.25) is 4.98 Å². The highest BCUT2D eigenvalue weighted by atomic mass is 16.5. The van der Waals surface area contributed by atoms with E-state index >= 15 is 0 Å². The molecule has 0 aliphatic heterocycles. The second-order valence-corrected chi connectivity index (χ2v) is 4.72. The number of rotatable bonds is 4. The van der Waals surface area contributed by atoms with E-state index in [9.17, 15) is 0 Å². The molecule has 106 valence electrons. The molecule has 0 bridgehead atoms. The summed E-state index contributed by atoms with van der Waals surface area (Å²) in [6.07, 6.45) is 1.77. The van der Waals surface area contributed by atoms with E-state index in [0.29, 0.717) is 12.3 Å². The van der Waals surface area contributed by atoms with Crippen molar-refractivity contribution >= 4 is 16.6 Å². The van der Waals surface area contributed by atoms with Gasteiger partial charge in [0.25, 0.3) is 0 Å². The van der Waals surface area contributed by atoms with Crippen molar-refractivity contribution in [3.05, 3.63) is 60.3 Å². The number of nitrogens with two attached hydrogens (primary N) is 1. The summed E-state index contributed by atoms with van der Waals surface area (Å²) in [5, 5.41) is 1.09. The van der Waals surface area contributed by atoms with Gasteiger partial charge in [-0.1, -0.05) is 6.07 Å². The Bertz CT molecular complexity index is 772. The van der Waals surface area contributed by atoms with Crippen molar-refractivity contribution < 1.29 is 9.47 Å². The molecule has 0 unspecified atom stereocenters. The predicted molar refractivity (Wildman–Crippen MR) is 83.5 cm³/mol. The molecule has 0 fully saturated rings. The van der Waals surface area contributed by atoms with Crippen LogP contribution >= 0.6 is 0 Å². The third kappa shape index (κ3) is 2.89. The Kier molecular flexibility index (Phi) is 3.60. The Hall–Kier alpha value is -2.75. The van der Waals surface area contributed by atoms with Gasteiger partial charge < -0.3 is 15.2 Å². The lowest BCUT2D eigenvalue weighted by atomic mass is 10.2. The monoisotopic (exact) mass is 280 g/mol. The number of hydrogen-bond donors (Lipinski definition) is 1. The van der Waals surface area contributed by atoms with E-state index in [1.807, 2.05) is 42.5 Å². The van der Waals surface area contributed by atoms with Crippen LogP contribution in [0.2, 0.25) is 0 Å². The highest BCUT2D eigenvalue weighted by Gasteiger charge is 2.05. The number of benzene rings is 2. The van der Waals surface area contributed by atoms with Gasteiger partial charge in [0, 0.05) is 35.0 Å². The normalized spacial score (nSPS) is 10.5. The minimum absolute atomic E-state index is 0.418. The average Bonchev–Trinajstić information content (AvgIpc) is 2.53. The second-order valence-electron chi connectivity index (χ2n) is 4.72. The van der Waals surface area contributed by atoms with Crippen LogP contribution in [0.1, 0.15) is 5.56 Å². The lowest BCUT2D eigenvalue weighted by molar-refractivity contribution is 0.297. The number of anilines is 1. The fourth-order valence-electron chi connectivity index (χ4n) is 2.18. The van der Waals surface area contributed by atoms with Gasteiger partial charge >= 0.3 is 0 Å². The van der Waals surface area contributed by atoms with Gasteiger partial charge in [0.05, 0.1) is 12.6 Å². The van der Waals surface area contributed by atoms with Crippen molar-refractivity contribution in [3.63, 3.8) is 0 Å². The topological polar surface area (TPSA) is 57.4 Å². The molecule has 0 saturated heterocycles. The number of ether oxygens (including phenoxy) is 2. The largest absolute Gasteiger partial charge is 0.496 e. The zero-order chi connectivity index (χ0) is 14.7. The number of aromatic nitrogens is 1. The van der Waals surface area contributed by atoms with E-state index in [0.717, 1.165) is 28.0 Å². The van der Waals surface area contributed by atoms with Crippen LogP contribution < -0.4 is 15.2 Å². The summed E-state index contributed by atoms with van der Waals surface area (Å²) < 4.78 is 11.1. The first kappa shape index (κ1) is 13.2. The van der Waals surface area contributed by atoms with Crippen LogP contribution in [0.15, 0.2) is 54.7 Å². The third-order valence-electron chi connectivity index (χ3n) is 3.28. The molecule has 4 heteroatoms. The van der Waals surface area contributed by atoms with Gasteiger partial charge in [0.1, 0.15) is 18.1 Å². The standard InChI is InChI=1S/C17H16N2O2/c1-20-17-9-14(18)6-4-13(17)11-21-15-7-5-12-3-2-8-19-16(12)10-15/h2-10H,11,18H2,1H3. The fraction of sp³-hybridized carbons (Fsp3) is 0.118. The van der Waals surface area contributed by atoms with Crippen molar-refractivity contribution in [2.45, 2.75) is 6.61 Å². The number of nitrogens with zero attached hydrogens (tertiary/aromatic N) is 1. The molecule has 21 heavy (non-hydrogen) atoms. The molecule has 0 aliphatic rings. The molecule has 1 heterocycles. The highest BCUT2D eigenvalue weighted by Crippen LogP contribution is 2.24. The Balaban J connectivity index is 1.80. The van der Waals surface area contributed by atoms with E-state index in [-0.39, 0.29) is 0 Å². The maximum absolute atomic E-state index is 5.82. The molecule has 4 nitrogen and oxygen atoms in total. The minimum Gasteiger partial charge on any atom is -0.496 e. The van der Waals surface area contributed by atoms with Crippen molar-refractivity contribution in [1.29, 1.82) is 0 Å². The molecule has 0 atom stereocenters. The summed E-state index contributed by atoms with van der Waals surface area (Å²) in [4.78, 5) is 4.32. The number of methoxy groups -OCH3 is 1. The Morgan fingerprint density at radius 1 is 1.10 bits per heavy atom. The van der Waals surface area contributed by atoms with Crippen molar-refractivity contribution in [3.8, 4) is 11.5 Å². The number of pyridine rings is 1. The van der Waals surface area contributed by atoms with Gasteiger partial charge in [-0.15, -0.1) is 0 Å². The Labute approximate surface area is 123 Å². The Morgan fingerprint density at radius 3 is 2.86 bits per heavy atom. The van der Waals surface area contributed by atoms with E-state index in [1.54, 1.807) is 19.4 Å². The van der Waals surface area contributed by atoms with Crippen LogP contribution in [0.4, 0.5) is 5.69 Å². The third-order valence-corrected chi connectivity index (χ3v) is 3.28. The van der Waals surface area contributed by atoms with Crippen LogP contribution in [-0.2, 0) is 6.61 Å². The summed E-state index contributed by atoms with van der Waals surface area (Å²) in [5.74, 6) is 1.51. The van der Waals surface area contributed by atoms with Crippen LogP contribution in [0.3, 0.4) is 0 Å². The zero-order valence-electron chi connectivity index (χ0n) is 11.7. The van der Waals surface area contributed by atoms with Crippen molar-refractivity contribution in [2.75, 3.05) is 12.8 Å². The highest BCUT2D eigenvalue weighted by molar-refractivity contribution is 5.79. The molecule has 0 saturated carbocycles. The first-order valence-electron chi connectivity index (χ1n) is 6.66. The summed E-state index contributed by atoms with van der Waals surface area (Å²) in [5.41, 5.74) is 8.28. The molecule has 2 N–H and O–H groups in total. The average molecular weight is 280 g/mol. The lowest BCUT2D eigenvalue weighted by Crippen LogP contribution is -2.00. The molecule has 0 radical (unpaired) electrons. The molecular weight excluding hydrogens is 264 g/mol. The smallest absolute Gasteiger partial charge is 0.127 e. The van der Waals surface area contributed by atoms with E-state index in [1.165, 1.54) is 0 Å². The summed E-state index contributed by atoms with van der Waals surface area (Å²) in [7, 11) is 1.62. The van der Waals surface area contributed by atoms with Crippen molar-refractivity contribution in [1.82, 2.24) is 4.98 Å². The molecule has 3 rings (SSSR count). The molecule has 2 aromatic carbocycles. The first-order valence-corrected chi connectivity index (χ1v) is 6.66. The van der Waals surface area contributed by atoms with Crippen LogP contribution in [0.25, 0.3) is 10.9 Å². The molecule has 0 amide bonds. The van der Waals surface area contributed by atoms with Gasteiger partial charge in [-0.2, -0.15) is 0 Å². The second kappa shape index (κ2) is 5.71. The van der Waals surface area contributed by atoms with Gasteiger partial charge in [0.2, 0.25) is 0 Å². The number of hydrogen-bond acceptors (Lipinski definition) is 4. The van der Waals surface area contributed by atoms with Gasteiger partial charge in [-0.05, 0) is 30.3 Å². The first-order chi connectivity index (χ1) is 10.3. The van der Waals surface area contributed by atoms with E-state index in [4.69, 9.17) is 15.2 Å². The van der Waals surface area contributed by atoms with Gasteiger partial charge in [0.15, 0.2) is 0 Å². The molecule has 3 aromatic rings. The minimum atomic E-state index is 0.418. The van der Waals surface area contributed by atoms with Crippen LogP contribution in [-0.4, -0.2) is 12.1 Å².